The third-order valence-electron chi connectivity index (χ3n) is 5.06. The number of fused-ring (bicyclic) bond motifs is 1. The molecule has 0 bridgehead atoms. The van der Waals surface area contributed by atoms with E-state index in [9.17, 15) is 0 Å². The predicted molar refractivity (Wildman–Crippen MR) is 103 cm³/mol. The molecule has 6 heteroatoms. The van der Waals surface area contributed by atoms with Gasteiger partial charge in [-0.1, -0.05) is 6.07 Å². The molecule has 130 valence electrons. The van der Waals surface area contributed by atoms with Gasteiger partial charge < -0.3 is 5.32 Å². The standard InChI is InChI=1S/C19H23N5S/c1-12-11-25-19-16(12)18(22-13(2)23-19)21-10-15-6-8-24(3)17(15)14-5-4-7-20-9-14/h4-5,7,9,11,15,17H,6,8,10H2,1-3H3,(H,21,22,23)/t15-,17-/m0/s1. The highest BCUT2D eigenvalue weighted by atomic mass is 32.1. The Morgan fingerprint density at radius 2 is 2.20 bits per heavy atom. The summed E-state index contributed by atoms with van der Waals surface area (Å²) in [5.74, 6) is 2.34. The second-order valence-electron chi connectivity index (χ2n) is 6.86. The summed E-state index contributed by atoms with van der Waals surface area (Å²) in [7, 11) is 2.20. The van der Waals surface area contributed by atoms with Crippen LogP contribution in [0.4, 0.5) is 5.82 Å². The average Bonchev–Trinajstić information content (AvgIpc) is 3.16. The van der Waals surface area contributed by atoms with E-state index in [0.717, 1.165) is 29.6 Å². The van der Waals surface area contributed by atoms with E-state index in [1.807, 2.05) is 25.4 Å². The van der Waals surface area contributed by atoms with Gasteiger partial charge in [0.15, 0.2) is 0 Å². The van der Waals surface area contributed by atoms with Crippen molar-refractivity contribution in [1.82, 2.24) is 19.9 Å². The van der Waals surface area contributed by atoms with E-state index < -0.39 is 0 Å². The van der Waals surface area contributed by atoms with E-state index in [-0.39, 0.29) is 0 Å². The minimum absolute atomic E-state index is 0.406. The number of aromatic nitrogens is 3. The third-order valence-corrected chi connectivity index (χ3v) is 6.05. The van der Waals surface area contributed by atoms with Crippen LogP contribution in [0.1, 0.15) is 29.4 Å². The molecule has 5 nitrogen and oxygen atoms in total. The van der Waals surface area contributed by atoms with Crippen molar-refractivity contribution in [1.29, 1.82) is 0 Å². The summed E-state index contributed by atoms with van der Waals surface area (Å²) in [6.45, 7) is 6.11. The summed E-state index contributed by atoms with van der Waals surface area (Å²) in [6, 6.07) is 4.61. The van der Waals surface area contributed by atoms with Crippen molar-refractivity contribution in [3.8, 4) is 0 Å². The molecule has 0 unspecified atom stereocenters. The molecular weight excluding hydrogens is 330 g/mol. The van der Waals surface area contributed by atoms with Crippen molar-refractivity contribution in [2.45, 2.75) is 26.3 Å². The number of hydrogen-bond acceptors (Lipinski definition) is 6. The van der Waals surface area contributed by atoms with Crippen molar-refractivity contribution in [3.05, 3.63) is 46.9 Å². The number of hydrogen-bond donors (Lipinski definition) is 1. The molecule has 0 aromatic carbocycles. The highest BCUT2D eigenvalue weighted by Crippen LogP contribution is 2.36. The van der Waals surface area contributed by atoms with Gasteiger partial charge >= 0.3 is 0 Å². The lowest BCUT2D eigenvalue weighted by Crippen LogP contribution is -2.25. The minimum Gasteiger partial charge on any atom is -0.369 e. The van der Waals surface area contributed by atoms with E-state index in [0.29, 0.717) is 12.0 Å². The molecule has 25 heavy (non-hydrogen) atoms. The molecule has 1 saturated heterocycles. The number of aryl methyl sites for hydroxylation is 2. The topological polar surface area (TPSA) is 53.9 Å². The van der Waals surface area contributed by atoms with Gasteiger partial charge in [-0.3, -0.25) is 9.88 Å². The molecule has 0 aliphatic carbocycles. The normalized spacial score (nSPS) is 21.1. The Balaban J connectivity index is 1.58. The van der Waals surface area contributed by atoms with Gasteiger partial charge in [-0.25, -0.2) is 9.97 Å². The van der Waals surface area contributed by atoms with Crippen molar-refractivity contribution in [2.24, 2.45) is 5.92 Å². The van der Waals surface area contributed by atoms with Crippen LogP contribution in [0, 0.1) is 19.8 Å². The van der Waals surface area contributed by atoms with Crippen molar-refractivity contribution in [3.63, 3.8) is 0 Å². The maximum atomic E-state index is 4.67. The third kappa shape index (κ3) is 3.12. The van der Waals surface area contributed by atoms with Crippen LogP contribution in [0.2, 0.25) is 0 Å². The first-order valence-corrected chi connectivity index (χ1v) is 9.58. The number of nitrogens with one attached hydrogen (secondary N) is 1. The lowest BCUT2D eigenvalue weighted by molar-refractivity contribution is 0.281. The average molecular weight is 353 g/mol. The first-order chi connectivity index (χ1) is 12.1. The first kappa shape index (κ1) is 16.4. The molecule has 0 radical (unpaired) electrons. The number of anilines is 1. The van der Waals surface area contributed by atoms with Gasteiger partial charge in [0.05, 0.1) is 5.39 Å². The second kappa shape index (κ2) is 6.69. The molecule has 0 spiro atoms. The Kier molecular flexibility index (Phi) is 4.39. The number of rotatable bonds is 4. The number of likely N-dealkylation sites (tertiary alicyclic amines) is 1. The zero-order valence-electron chi connectivity index (χ0n) is 14.9. The van der Waals surface area contributed by atoms with Crippen molar-refractivity contribution in [2.75, 3.05) is 25.5 Å². The Labute approximate surface area is 152 Å². The van der Waals surface area contributed by atoms with Crippen LogP contribution in [0.5, 0.6) is 0 Å². The van der Waals surface area contributed by atoms with E-state index in [4.69, 9.17) is 0 Å². The van der Waals surface area contributed by atoms with Crippen LogP contribution in [-0.2, 0) is 0 Å². The van der Waals surface area contributed by atoms with Gasteiger partial charge in [0.25, 0.3) is 0 Å². The summed E-state index contributed by atoms with van der Waals surface area (Å²) in [6.07, 6.45) is 5.01. The maximum absolute atomic E-state index is 4.67. The number of thiophene rings is 1. The molecule has 2 atom stereocenters. The highest BCUT2D eigenvalue weighted by molar-refractivity contribution is 7.17. The fourth-order valence-corrected chi connectivity index (χ4v) is 4.83. The molecule has 3 aromatic rings. The minimum atomic E-state index is 0.406. The van der Waals surface area contributed by atoms with Gasteiger partial charge in [0, 0.05) is 25.0 Å². The van der Waals surface area contributed by atoms with Gasteiger partial charge in [0.1, 0.15) is 16.5 Å². The van der Waals surface area contributed by atoms with Crippen molar-refractivity contribution < 1.29 is 0 Å². The van der Waals surface area contributed by atoms with E-state index in [2.05, 4.69) is 50.6 Å². The quantitative estimate of drug-likeness (QED) is 0.773. The van der Waals surface area contributed by atoms with Gasteiger partial charge in [-0.2, -0.15) is 0 Å². The second-order valence-corrected chi connectivity index (χ2v) is 7.72. The molecule has 1 aliphatic heterocycles. The maximum Gasteiger partial charge on any atom is 0.138 e. The smallest absolute Gasteiger partial charge is 0.138 e. The highest BCUT2D eigenvalue weighted by Gasteiger charge is 2.33. The first-order valence-electron chi connectivity index (χ1n) is 8.70. The Morgan fingerprint density at radius 1 is 1.32 bits per heavy atom. The number of nitrogens with zero attached hydrogens (tertiary/aromatic N) is 4. The summed E-state index contributed by atoms with van der Waals surface area (Å²) in [5, 5.41) is 6.95. The van der Waals surface area contributed by atoms with E-state index in [1.165, 1.54) is 22.9 Å². The largest absolute Gasteiger partial charge is 0.369 e. The lowest BCUT2D eigenvalue weighted by atomic mass is 9.95. The fraction of sp³-hybridized carbons (Fsp3) is 0.421. The fourth-order valence-electron chi connectivity index (χ4n) is 3.86. The SMILES string of the molecule is Cc1nc(NC[C@@H]2CCN(C)[C@H]2c2cccnc2)c2c(C)csc2n1. The van der Waals surface area contributed by atoms with E-state index in [1.54, 1.807) is 11.3 Å². The molecule has 0 amide bonds. The molecule has 4 heterocycles. The van der Waals surface area contributed by atoms with Crippen LogP contribution < -0.4 is 5.32 Å². The van der Waals surface area contributed by atoms with Crippen molar-refractivity contribution >= 4 is 27.4 Å². The predicted octanol–water partition coefficient (Wildman–Crippen LogP) is 3.81. The zero-order chi connectivity index (χ0) is 17.4. The van der Waals surface area contributed by atoms with Gasteiger partial charge in [-0.05, 0) is 62.4 Å². The summed E-state index contributed by atoms with van der Waals surface area (Å²) in [5.41, 5.74) is 2.54. The summed E-state index contributed by atoms with van der Waals surface area (Å²) >= 11 is 1.69. The molecule has 1 fully saturated rings. The van der Waals surface area contributed by atoms with E-state index >= 15 is 0 Å². The molecular formula is C19H23N5S. The molecule has 3 aromatic heterocycles. The summed E-state index contributed by atoms with van der Waals surface area (Å²) < 4.78 is 0. The summed E-state index contributed by atoms with van der Waals surface area (Å²) in [4.78, 5) is 17.0. The van der Waals surface area contributed by atoms with Crippen LogP contribution in [-0.4, -0.2) is 40.0 Å². The Hall–Kier alpha value is -2.05. The van der Waals surface area contributed by atoms with Crippen LogP contribution in [0.3, 0.4) is 0 Å². The molecule has 4 rings (SSSR count). The van der Waals surface area contributed by atoms with Crippen LogP contribution >= 0.6 is 11.3 Å². The van der Waals surface area contributed by atoms with Crippen LogP contribution in [0.25, 0.3) is 10.2 Å². The molecule has 0 saturated carbocycles. The van der Waals surface area contributed by atoms with Crippen LogP contribution in [0.15, 0.2) is 29.9 Å². The van der Waals surface area contributed by atoms with Gasteiger partial charge in [-0.15, -0.1) is 11.3 Å². The zero-order valence-corrected chi connectivity index (χ0v) is 15.7. The molecule has 1 aliphatic rings. The monoisotopic (exact) mass is 353 g/mol. The lowest BCUT2D eigenvalue weighted by Gasteiger charge is -2.25. The Morgan fingerprint density at radius 3 is 3.00 bits per heavy atom. The Bertz CT molecular complexity index is 876. The number of pyridine rings is 1. The van der Waals surface area contributed by atoms with Gasteiger partial charge in [0.2, 0.25) is 0 Å². The molecule has 1 N–H and O–H groups in total.